The van der Waals surface area contributed by atoms with Crippen molar-refractivity contribution < 1.29 is 0 Å². The monoisotopic (exact) mass is 362 g/mol. The third-order valence-corrected chi connectivity index (χ3v) is 4.07. The van der Waals surface area contributed by atoms with E-state index in [0.717, 1.165) is 36.3 Å². The highest BCUT2D eigenvalue weighted by atomic mass is 35.5. The fourth-order valence-corrected chi connectivity index (χ4v) is 2.75. The van der Waals surface area contributed by atoms with E-state index < -0.39 is 0 Å². The van der Waals surface area contributed by atoms with Crippen LogP contribution in [0.4, 0.5) is 0 Å². The second-order valence-electron chi connectivity index (χ2n) is 6.82. The van der Waals surface area contributed by atoms with Gasteiger partial charge >= 0.3 is 0 Å². The predicted molar refractivity (Wildman–Crippen MR) is 103 cm³/mol. The van der Waals surface area contributed by atoms with E-state index in [1.807, 2.05) is 25.2 Å². The van der Waals surface area contributed by atoms with Gasteiger partial charge in [0, 0.05) is 25.2 Å². The summed E-state index contributed by atoms with van der Waals surface area (Å²) in [5.74, 6) is 1.61. The molecule has 6 nitrogen and oxygen atoms in total. The minimum Gasteiger partial charge on any atom is -0.357 e. The minimum absolute atomic E-state index is 0.0612. The lowest BCUT2D eigenvalue weighted by molar-refractivity contribution is 0.359. The number of rotatable bonds is 7. The van der Waals surface area contributed by atoms with Crippen molar-refractivity contribution in [1.29, 1.82) is 0 Å². The Morgan fingerprint density at radius 3 is 2.76 bits per heavy atom. The lowest BCUT2D eigenvalue weighted by atomic mass is 9.86. The average Bonchev–Trinajstić information content (AvgIpc) is 2.95. The Morgan fingerprint density at radius 1 is 1.32 bits per heavy atom. The zero-order valence-corrected chi connectivity index (χ0v) is 16.1. The molecule has 2 aromatic rings. The maximum absolute atomic E-state index is 6.09. The van der Waals surface area contributed by atoms with E-state index in [0.29, 0.717) is 6.54 Å². The van der Waals surface area contributed by atoms with Crippen LogP contribution in [-0.4, -0.2) is 33.8 Å². The Balaban J connectivity index is 1.95. The van der Waals surface area contributed by atoms with Gasteiger partial charge in [-0.2, -0.15) is 5.10 Å². The normalized spacial score (nSPS) is 12.3. The Kier molecular flexibility index (Phi) is 6.82. The standard InChI is InChI=1S/C18H27ClN6/c1-5-20-17(21-11-16-23-13-24-25(16)4)22-12-18(2,3)10-14-7-6-8-15(19)9-14/h6-9,13H,5,10-12H2,1-4H3,(H2,20,21,22). The quantitative estimate of drug-likeness (QED) is 0.587. The number of nitrogens with one attached hydrogen (secondary N) is 2. The van der Waals surface area contributed by atoms with Gasteiger partial charge in [0.05, 0.1) is 0 Å². The Labute approximate surface area is 154 Å². The molecular weight excluding hydrogens is 336 g/mol. The van der Waals surface area contributed by atoms with Crippen molar-refractivity contribution in [3.63, 3.8) is 0 Å². The highest BCUT2D eigenvalue weighted by Gasteiger charge is 2.19. The number of hydrogen-bond acceptors (Lipinski definition) is 3. The molecule has 0 unspecified atom stereocenters. The number of halogens is 1. The smallest absolute Gasteiger partial charge is 0.191 e. The number of guanidine groups is 1. The molecule has 2 rings (SSSR count). The predicted octanol–water partition coefficient (Wildman–Crippen LogP) is 2.79. The van der Waals surface area contributed by atoms with Gasteiger partial charge < -0.3 is 10.6 Å². The van der Waals surface area contributed by atoms with Crippen LogP contribution in [0.2, 0.25) is 5.02 Å². The van der Waals surface area contributed by atoms with E-state index in [2.05, 4.69) is 52.5 Å². The molecule has 2 N–H and O–H groups in total. The van der Waals surface area contributed by atoms with Gasteiger partial charge in [0.1, 0.15) is 18.7 Å². The van der Waals surface area contributed by atoms with Crippen LogP contribution in [0.3, 0.4) is 0 Å². The van der Waals surface area contributed by atoms with E-state index in [4.69, 9.17) is 11.6 Å². The van der Waals surface area contributed by atoms with Gasteiger partial charge in [-0.15, -0.1) is 0 Å². The average molecular weight is 363 g/mol. The van der Waals surface area contributed by atoms with Crippen LogP contribution in [0, 0.1) is 5.41 Å². The molecule has 1 aromatic carbocycles. The molecule has 0 bridgehead atoms. The summed E-state index contributed by atoms with van der Waals surface area (Å²) in [6.45, 7) is 8.60. The molecular formula is C18H27ClN6. The van der Waals surface area contributed by atoms with Crippen LogP contribution in [0.1, 0.15) is 32.2 Å². The van der Waals surface area contributed by atoms with Crippen molar-refractivity contribution in [3.05, 3.63) is 47.0 Å². The second-order valence-corrected chi connectivity index (χ2v) is 7.26. The number of aliphatic imine (C=N–C) groups is 1. The SMILES string of the molecule is CCNC(=NCc1ncnn1C)NCC(C)(C)Cc1cccc(Cl)c1. The molecule has 0 saturated heterocycles. The third-order valence-electron chi connectivity index (χ3n) is 3.83. The first-order chi connectivity index (χ1) is 11.9. The Morgan fingerprint density at radius 2 is 2.12 bits per heavy atom. The van der Waals surface area contributed by atoms with Crippen molar-refractivity contribution in [2.45, 2.75) is 33.7 Å². The highest BCUT2D eigenvalue weighted by molar-refractivity contribution is 6.30. The van der Waals surface area contributed by atoms with Crippen molar-refractivity contribution in [2.75, 3.05) is 13.1 Å². The minimum atomic E-state index is 0.0612. The summed E-state index contributed by atoms with van der Waals surface area (Å²) in [5, 5.41) is 11.5. The zero-order chi connectivity index (χ0) is 18.3. The third kappa shape index (κ3) is 6.38. The first-order valence-electron chi connectivity index (χ1n) is 8.49. The van der Waals surface area contributed by atoms with Crippen LogP contribution >= 0.6 is 11.6 Å². The summed E-state index contributed by atoms with van der Waals surface area (Å²) >= 11 is 6.09. The molecule has 0 spiro atoms. The van der Waals surface area contributed by atoms with Crippen LogP contribution in [-0.2, 0) is 20.0 Å². The molecule has 0 aliphatic carbocycles. The summed E-state index contributed by atoms with van der Waals surface area (Å²) in [6.07, 6.45) is 2.47. The Hall–Kier alpha value is -2.08. The fraction of sp³-hybridized carbons (Fsp3) is 0.500. The highest BCUT2D eigenvalue weighted by Crippen LogP contribution is 2.22. The molecule has 7 heteroatoms. The topological polar surface area (TPSA) is 67.1 Å². The van der Waals surface area contributed by atoms with E-state index >= 15 is 0 Å². The molecule has 0 radical (unpaired) electrons. The van der Waals surface area contributed by atoms with Crippen molar-refractivity contribution in [3.8, 4) is 0 Å². The summed E-state index contributed by atoms with van der Waals surface area (Å²) in [6, 6.07) is 8.03. The first kappa shape index (κ1) is 19.2. The van der Waals surface area contributed by atoms with Crippen LogP contribution in [0.25, 0.3) is 0 Å². The summed E-state index contributed by atoms with van der Waals surface area (Å²) in [7, 11) is 1.87. The second kappa shape index (κ2) is 8.85. The van der Waals surface area contributed by atoms with Crippen LogP contribution < -0.4 is 10.6 Å². The van der Waals surface area contributed by atoms with Gasteiger partial charge in [0.25, 0.3) is 0 Å². The van der Waals surface area contributed by atoms with Gasteiger partial charge in [0.2, 0.25) is 0 Å². The number of benzene rings is 1. The Bertz CT molecular complexity index is 707. The lowest BCUT2D eigenvalue weighted by Crippen LogP contribution is -2.42. The maximum atomic E-state index is 6.09. The van der Waals surface area contributed by atoms with Crippen LogP contribution in [0.5, 0.6) is 0 Å². The molecule has 25 heavy (non-hydrogen) atoms. The number of aromatic nitrogens is 3. The van der Waals surface area contributed by atoms with Gasteiger partial charge in [-0.25, -0.2) is 9.98 Å². The van der Waals surface area contributed by atoms with Gasteiger partial charge in [-0.05, 0) is 36.5 Å². The largest absolute Gasteiger partial charge is 0.357 e. The van der Waals surface area contributed by atoms with E-state index in [9.17, 15) is 0 Å². The van der Waals surface area contributed by atoms with Crippen molar-refractivity contribution in [2.24, 2.45) is 17.5 Å². The number of hydrogen-bond donors (Lipinski definition) is 2. The molecule has 136 valence electrons. The van der Waals surface area contributed by atoms with E-state index in [1.165, 1.54) is 5.56 Å². The van der Waals surface area contributed by atoms with E-state index in [1.54, 1.807) is 11.0 Å². The van der Waals surface area contributed by atoms with Gasteiger partial charge in [-0.1, -0.05) is 37.6 Å². The summed E-state index contributed by atoms with van der Waals surface area (Å²) in [4.78, 5) is 8.79. The molecule has 1 heterocycles. The zero-order valence-electron chi connectivity index (χ0n) is 15.4. The molecule has 0 saturated carbocycles. The first-order valence-corrected chi connectivity index (χ1v) is 8.87. The molecule has 0 fully saturated rings. The fourth-order valence-electron chi connectivity index (χ4n) is 2.54. The van der Waals surface area contributed by atoms with E-state index in [-0.39, 0.29) is 5.41 Å². The van der Waals surface area contributed by atoms with Crippen molar-refractivity contribution in [1.82, 2.24) is 25.4 Å². The lowest BCUT2D eigenvalue weighted by Gasteiger charge is -2.26. The molecule has 0 atom stereocenters. The van der Waals surface area contributed by atoms with Crippen molar-refractivity contribution >= 4 is 17.6 Å². The van der Waals surface area contributed by atoms with Gasteiger partial charge in [0.15, 0.2) is 5.96 Å². The molecule has 0 amide bonds. The number of aryl methyl sites for hydroxylation is 1. The maximum Gasteiger partial charge on any atom is 0.191 e. The van der Waals surface area contributed by atoms with Crippen LogP contribution in [0.15, 0.2) is 35.6 Å². The van der Waals surface area contributed by atoms with Gasteiger partial charge in [-0.3, -0.25) is 4.68 Å². The molecule has 1 aromatic heterocycles. The number of nitrogens with zero attached hydrogens (tertiary/aromatic N) is 4. The summed E-state index contributed by atoms with van der Waals surface area (Å²) in [5.41, 5.74) is 1.30. The summed E-state index contributed by atoms with van der Waals surface area (Å²) < 4.78 is 1.73. The molecule has 0 aliphatic rings. The molecule has 0 aliphatic heterocycles.